The Bertz CT molecular complexity index is 693. The topological polar surface area (TPSA) is 56.5 Å². The van der Waals surface area contributed by atoms with Crippen LogP contribution < -0.4 is 20.5 Å². The molecule has 0 aromatic heterocycles. The van der Waals surface area contributed by atoms with E-state index < -0.39 is 17.5 Å². The first-order chi connectivity index (χ1) is 10.5. The van der Waals surface area contributed by atoms with Gasteiger partial charge in [0.1, 0.15) is 17.3 Å². The van der Waals surface area contributed by atoms with Crippen LogP contribution in [-0.2, 0) is 6.54 Å². The lowest BCUT2D eigenvalue weighted by molar-refractivity contribution is 0.398. The van der Waals surface area contributed by atoms with Gasteiger partial charge in [-0.1, -0.05) is 0 Å². The van der Waals surface area contributed by atoms with Crippen molar-refractivity contribution < 1.29 is 22.6 Å². The van der Waals surface area contributed by atoms with Gasteiger partial charge < -0.3 is 20.5 Å². The van der Waals surface area contributed by atoms with Crippen molar-refractivity contribution in [1.82, 2.24) is 0 Å². The Morgan fingerprint density at radius 2 is 1.68 bits per heavy atom. The first kappa shape index (κ1) is 15.8. The van der Waals surface area contributed by atoms with Gasteiger partial charge >= 0.3 is 0 Å². The molecule has 2 rings (SSSR count). The number of benzene rings is 2. The maximum absolute atomic E-state index is 13.9. The molecule has 4 nitrogen and oxygen atoms in total. The van der Waals surface area contributed by atoms with E-state index in [0.29, 0.717) is 5.69 Å². The summed E-state index contributed by atoms with van der Waals surface area (Å²) in [6, 6.07) is 4.73. The number of ether oxygens (including phenoxy) is 2. The lowest BCUT2D eigenvalue weighted by atomic mass is 10.1. The normalized spacial score (nSPS) is 10.4. The van der Waals surface area contributed by atoms with E-state index in [9.17, 15) is 13.2 Å². The maximum Gasteiger partial charge on any atom is 0.167 e. The Balaban J connectivity index is 2.31. The summed E-state index contributed by atoms with van der Waals surface area (Å²) in [4.78, 5) is 0. The summed E-state index contributed by atoms with van der Waals surface area (Å²) in [7, 11) is 2.71. The highest BCUT2D eigenvalue weighted by Crippen LogP contribution is 2.31. The van der Waals surface area contributed by atoms with Gasteiger partial charge in [-0.25, -0.2) is 13.2 Å². The number of nitrogens with one attached hydrogen (secondary N) is 1. The van der Waals surface area contributed by atoms with E-state index in [1.165, 1.54) is 26.4 Å². The summed E-state index contributed by atoms with van der Waals surface area (Å²) in [5.74, 6) is -2.23. The highest BCUT2D eigenvalue weighted by atomic mass is 19.2. The van der Waals surface area contributed by atoms with Crippen LogP contribution in [0.25, 0.3) is 0 Å². The SMILES string of the molecule is COc1cc(F)c(N)cc1NCc1c(OC)ccc(F)c1F. The smallest absolute Gasteiger partial charge is 0.167 e. The Morgan fingerprint density at radius 3 is 2.32 bits per heavy atom. The monoisotopic (exact) mass is 312 g/mol. The van der Waals surface area contributed by atoms with Crippen LogP contribution in [0.3, 0.4) is 0 Å². The molecule has 0 atom stereocenters. The third-order valence-electron chi connectivity index (χ3n) is 3.15. The van der Waals surface area contributed by atoms with Crippen LogP contribution in [0.5, 0.6) is 11.5 Å². The van der Waals surface area contributed by atoms with Crippen molar-refractivity contribution in [2.24, 2.45) is 0 Å². The van der Waals surface area contributed by atoms with Crippen molar-refractivity contribution in [2.75, 3.05) is 25.3 Å². The second-order valence-corrected chi connectivity index (χ2v) is 4.47. The minimum absolute atomic E-state index is 0.00690. The summed E-state index contributed by atoms with van der Waals surface area (Å²) >= 11 is 0. The Labute approximate surface area is 125 Å². The molecular weight excluding hydrogens is 297 g/mol. The molecule has 0 saturated heterocycles. The van der Waals surface area contributed by atoms with E-state index >= 15 is 0 Å². The van der Waals surface area contributed by atoms with E-state index in [1.807, 2.05) is 0 Å². The molecule has 7 heteroatoms. The molecule has 0 fully saturated rings. The van der Waals surface area contributed by atoms with Crippen LogP contribution in [0.1, 0.15) is 5.56 Å². The lowest BCUT2D eigenvalue weighted by Crippen LogP contribution is -2.07. The van der Waals surface area contributed by atoms with Gasteiger partial charge in [0.05, 0.1) is 31.2 Å². The van der Waals surface area contributed by atoms with Gasteiger partial charge in [-0.05, 0) is 18.2 Å². The molecule has 0 aliphatic heterocycles. The summed E-state index contributed by atoms with van der Waals surface area (Å²) in [5.41, 5.74) is 5.77. The molecule has 2 aromatic carbocycles. The molecule has 0 bridgehead atoms. The van der Waals surface area contributed by atoms with Crippen LogP contribution in [0.4, 0.5) is 24.5 Å². The molecule has 2 aromatic rings. The maximum atomic E-state index is 13.9. The first-order valence-corrected chi connectivity index (χ1v) is 6.35. The molecule has 0 aliphatic carbocycles. The largest absolute Gasteiger partial charge is 0.496 e. The average Bonchev–Trinajstić information content (AvgIpc) is 2.51. The molecule has 118 valence electrons. The van der Waals surface area contributed by atoms with Crippen LogP contribution in [0, 0.1) is 17.5 Å². The highest BCUT2D eigenvalue weighted by molar-refractivity contribution is 5.64. The van der Waals surface area contributed by atoms with E-state index in [4.69, 9.17) is 15.2 Å². The van der Waals surface area contributed by atoms with Gasteiger partial charge in [-0.15, -0.1) is 0 Å². The molecule has 0 saturated carbocycles. The number of nitrogen functional groups attached to an aromatic ring is 1. The quantitative estimate of drug-likeness (QED) is 0.832. The second kappa shape index (κ2) is 6.46. The Kier molecular flexibility index (Phi) is 4.65. The van der Waals surface area contributed by atoms with Crippen molar-refractivity contribution in [3.63, 3.8) is 0 Å². The van der Waals surface area contributed by atoms with Gasteiger partial charge in [-0.3, -0.25) is 0 Å². The minimum Gasteiger partial charge on any atom is -0.496 e. The summed E-state index contributed by atoms with van der Waals surface area (Å²) < 4.78 is 50.6. The van der Waals surface area contributed by atoms with Gasteiger partial charge in [0.2, 0.25) is 0 Å². The molecule has 22 heavy (non-hydrogen) atoms. The lowest BCUT2D eigenvalue weighted by Gasteiger charge is -2.15. The predicted molar refractivity (Wildman–Crippen MR) is 77.6 cm³/mol. The predicted octanol–water partition coefficient (Wildman–Crippen LogP) is 3.32. The van der Waals surface area contributed by atoms with Crippen LogP contribution in [0.15, 0.2) is 24.3 Å². The standard InChI is InChI=1S/C15H15F3N2O2/c1-21-13-4-3-9(16)15(18)8(13)7-20-12-6-11(19)10(17)5-14(12)22-2/h3-6,20H,7,19H2,1-2H3. The molecule has 0 amide bonds. The molecular formula is C15H15F3N2O2. The van der Waals surface area contributed by atoms with Crippen molar-refractivity contribution in [3.8, 4) is 11.5 Å². The fraction of sp³-hybridized carbons (Fsp3) is 0.200. The number of methoxy groups -OCH3 is 2. The number of anilines is 2. The third kappa shape index (κ3) is 3.03. The van der Waals surface area contributed by atoms with E-state index in [2.05, 4.69) is 5.32 Å². The zero-order chi connectivity index (χ0) is 16.3. The van der Waals surface area contributed by atoms with Crippen molar-refractivity contribution in [3.05, 3.63) is 47.3 Å². The van der Waals surface area contributed by atoms with Crippen molar-refractivity contribution in [1.29, 1.82) is 0 Å². The van der Waals surface area contributed by atoms with Crippen molar-refractivity contribution >= 4 is 11.4 Å². The molecule has 0 spiro atoms. The zero-order valence-electron chi connectivity index (χ0n) is 12.0. The highest BCUT2D eigenvalue weighted by Gasteiger charge is 2.15. The number of halogens is 3. The number of rotatable bonds is 5. The van der Waals surface area contributed by atoms with E-state index in [1.54, 1.807) is 0 Å². The number of nitrogens with two attached hydrogens (primary N) is 1. The van der Waals surface area contributed by atoms with Crippen LogP contribution in [-0.4, -0.2) is 14.2 Å². The van der Waals surface area contributed by atoms with Gasteiger partial charge in [0.25, 0.3) is 0 Å². The molecule has 0 aliphatic rings. The zero-order valence-corrected chi connectivity index (χ0v) is 12.0. The van der Waals surface area contributed by atoms with Gasteiger partial charge in [0, 0.05) is 12.6 Å². The Hall–Kier alpha value is -2.57. The van der Waals surface area contributed by atoms with E-state index in [-0.39, 0.29) is 29.3 Å². The average molecular weight is 312 g/mol. The second-order valence-electron chi connectivity index (χ2n) is 4.47. The summed E-state index contributed by atoms with van der Waals surface area (Å²) in [5, 5.41) is 2.83. The summed E-state index contributed by atoms with van der Waals surface area (Å²) in [6.07, 6.45) is 0. The fourth-order valence-corrected chi connectivity index (χ4v) is 1.99. The molecule has 0 unspecified atom stereocenters. The van der Waals surface area contributed by atoms with Crippen LogP contribution in [0.2, 0.25) is 0 Å². The third-order valence-corrected chi connectivity index (χ3v) is 3.15. The molecule has 0 heterocycles. The van der Waals surface area contributed by atoms with Gasteiger partial charge in [0.15, 0.2) is 11.6 Å². The number of hydrogen-bond acceptors (Lipinski definition) is 4. The van der Waals surface area contributed by atoms with E-state index in [0.717, 1.165) is 12.1 Å². The molecule has 3 N–H and O–H groups in total. The minimum atomic E-state index is -1.01. The van der Waals surface area contributed by atoms with Crippen LogP contribution >= 0.6 is 0 Å². The van der Waals surface area contributed by atoms with Crippen molar-refractivity contribution in [2.45, 2.75) is 6.54 Å². The Morgan fingerprint density at radius 1 is 1.00 bits per heavy atom. The fourth-order valence-electron chi connectivity index (χ4n) is 1.99. The summed E-state index contributed by atoms with van der Waals surface area (Å²) in [6.45, 7) is -0.0891. The number of hydrogen-bond donors (Lipinski definition) is 2. The van der Waals surface area contributed by atoms with Gasteiger partial charge in [-0.2, -0.15) is 0 Å². The first-order valence-electron chi connectivity index (χ1n) is 6.35. The molecule has 0 radical (unpaired) electrons.